The summed E-state index contributed by atoms with van der Waals surface area (Å²) in [6, 6.07) is 9.92. The second-order valence-electron chi connectivity index (χ2n) is 6.64. The number of hydrogen-bond acceptors (Lipinski definition) is 6. The van der Waals surface area contributed by atoms with Crippen molar-refractivity contribution in [2.24, 2.45) is 0 Å². The third-order valence-corrected chi connectivity index (χ3v) is 4.55. The SMILES string of the molecule is COc1ccc([N+](=O)[O-])cc1C(=O)Nc1ccc(NC(=O)NCC2CCCO2)cc1. The highest BCUT2D eigenvalue weighted by molar-refractivity contribution is 6.06. The number of benzene rings is 2. The number of anilines is 2. The Morgan fingerprint density at radius 1 is 1.17 bits per heavy atom. The molecule has 0 aliphatic carbocycles. The molecule has 1 atom stereocenters. The monoisotopic (exact) mass is 414 g/mol. The van der Waals surface area contributed by atoms with E-state index in [4.69, 9.17) is 9.47 Å². The third kappa shape index (κ3) is 5.45. The van der Waals surface area contributed by atoms with Gasteiger partial charge in [-0.3, -0.25) is 14.9 Å². The molecule has 158 valence electrons. The second kappa shape index (κ2) is 9.70. The largest absolute Gasteiger partial charge is 0.496 e. The van der Waals surface area contributed by atoms with Crippen molar-refractivity contribution in [1.82, 2.24) is 5.32 Å². The summed E-state index contributed by atoms with van der Waals surface area (Å²) in [5.74, 6) is -0.329. The predicted molar refractivity (Wildman–Crippen MR) is 110 cm³/mol. The molecule has 3 rings (SSSR count). The van der Waals surface area contributed by atoms with Crippen molar-refractivity contribution in [3.05, 3.63) is 58.1 Å². The maximum atomic E-state index is 12.5. The van der Waals surface area contributed by atoms with Crippen LogP contribution in [0, 0.1) is 10.1 Å². The Balaban J connectivity index is 1.58. The lowest BCUT2D eigenvalue weighted by atomic mass is 10.1. The first-order valence-electron chi connectivity index (χ1n) is 9.36. The van der Waals surface area contributed by atoms with Gasteiger partial charge in [-0.05, 0) is 43.2 Å². The van der Waals surface area contributed by atoms with Crippen LogP contribution >= 0.6 is 0 Å². The van der Waals surface area contributed by atoms with Crippen LogP contribution in [-0.2, 0) is 4.74 Å². The molecule has 1 heterocycles. The molecule has 30 heavy (non-hydrogen) atoms. The summed E-state index contributed by atoms with van der Waals surface area (Å²) < 4.78 is 10.6. The van der Waals surface area contributed by atoms with Crippen molar-refractivity contribution in [3.63, 3.8) is 0 Å². The van der Waals surface area contributed by atoms with E-state index in [-0.39, 0.29) is 29.1 Å². The summed E-state index contributed by atoms with van der Waals surface area (Å²) >= 11 is 0. The molecule has 0 aromatic heterocycles. The highest BCUT2D eigenvalue weighted by atomic mass is 16.6. The maximum absolute atomic E-state index is 12.5. The highest BCUT2D eigenvalue weighted by Gasteiger charge is 2.18. The van der Waals surface area contributed by atoms with E-state index in [0.29, 0.717) is 17.9 Å². The Labute approximate surface area is 172 Å². The van der Waals surface area contributed by atoms with Crippen molar-refractivity contribution < 1.29 is 24.0 Å². The topological polar surface area (TPSA) is 132 Å². The van der Waals surface area contributed by atoms with E-state index in [0.717, 1.165) is 25.5 Å². The number of nitrogens with zero attached hydrogens (tertiary/aromatic N) is 1. The number of carbonyl (C=O) groups is 2. The number of carbonyl (C=O) groups excluding carboxylic acids is 2. The number of ether oxygens (including phenoxy) is 2. The average Bonchev–Trinajstić information content (AvgIpc) is 3.27. The molecule has 2 aromatic carbocycles. The Bertz CT molecular complexity index is 925. The van der Waals surface area contributed by atoms with Gasteiger partial charge in [0.2, 0.25) is 0 Å². The summed E-state index contributed by atoms with van der Waals surface area (Å²) in [4.78, 5) is 34.9. The summed E-state index contributed by atoms with van der Waals surface area (Å²) in [6.07, 6.45) is 1.99. The Hall–Kier alpha value is -3.66. The minimum atomic E-state index is -0.583. The van der Waals surface area contributed by atoms with E-state index in [2.05, 4.69) is 16.0 Å². The Kier molecular flexibility index (Phi) is 6.81. The Morgan fingerprint density at radius 3 is 2.47 bits per heavy atom. The van der Waals surface area contributed by atoms with Crippen LogP contribution in [-0.4, -0.2) is 43.2 Å². The standard InChI is InChI=1S/C20H22N4O6/c1-29-18-9-8-15(24(27)28)11-17(18)19(25)22-13-4-6-14(7-5-13)23-20(26)21-12-16-3-2-10-30-16/h4-9,11,16H,2-3,10,12H2,1H3,(H,22,25)(H2,21,23,26). The van der Waals surface area contributed by atoms with Gasteiger partial charge in [-0.25, -0.2) is 4.79 Å². The first-order valence-corrected chi connectivity index (χ1v) is 9.36. The number of nitro benzene ring substituents is 1. The zero-order valence-corrected chi connectivity index (χ0v) is 16.3. The number of nitrogens with one attached hydrogen (secondary N) is 3. The average molecular weight is 414 g/mol. The van der Waals surface area contributed by atoms with Crippen molar-refractivity contribution in [3.8, 4) is 5.75 Å². The van der Waals surface area contributed by atoms with Crippen molar-refractivity contribution in [2.45, 2.75) is 18.9 Å². The molecule has 10 heteroatoms. The van der Waals surface area contributed by atoms with Crippen LogP contribution in [0.3, 0.4) is 0 Å². The minimum Gasteiger partial charge on any atom is -0.496 e. The number of non-ortho nitro benzene ring substituents is 1. The summed E-state index contributed by atoms with van der Waals surface area (Å²) in [6.45, 7) is 1.17. The molecular formula is C20H22N4O6. The van der Waals surface area contributed by atoms with Crippen LogP contribution in [0.5, 0.6) is 5.75 Å². The van der Waals surface area contributed by atoms with Gasteiger partial charge in [0.15, 0.2) is 0 Å². The van der Waals surface area contributed by atoms with E-state index < -0.39 is 10.8 Å². The van der Waals surface area contributed by atoms with E-state index >= 15 is 0 Å². The lowest BCUT2D eigenvalue weighted by molar-refractivity contribution is -0.384. The second-order valence-corrected chi connectivity index (χ2v) is 6.64. The molecule has 1 aliphatic rings. The fraction of sp³-hybridized carbons (Fsp3) is 0.300. The van der Waals surface area contributed by atoms with Crippen LogP contribution in [0.4, 0.5) is 21.9 Å². The number of methoxy groups -OCH3 is 1. The van der Waals surface area contributed by atoms with Gasteiger partial charge in [-0.1, -0.05) is 0 Å². The quantitative estimate of drug-likeness (QED) is 0.471. The van der Waals surface area contributed by atoms with E-state index in [1.54, 1.807) is 24.3 Å². The molecule has 1 aliphatic heterocycles. The number of urea groups is 1. The first-order chi connectivity index (χ1) is 14.5. The molecule has 0 bridgehead atoms. The van der Waals surface area contributed by atoms with Crippen LogP contribution in [0.15, 0.2) is 42.5 Å². The van der Waals surface area contributed by atoms with Gasteiger partial charge in [0, 0.05) is 36.7 Å². The van der Waals surface area contributed by atoms with E-state index in [1.165, 1.54) is 19.2 Å². The number of amides is 3. The van der Waals surface area contributed by atoms with Gasteiger partial charge < -0.3 is 25.4 Å². The molecule has 1 unspecified atom stereocenters. The van der Waals surface area contributed by atoms with Crippen molar-refractivity contribution in [1.29, 1.82) is 0 Å². The lowest BCUT2D eigenvalue weighted by Crippen LogP contribution is -2.35. The Morgan fingerprint density at radius 2 is 1.87 bits per heavy atom. The van der Waals surface area contributed by atoms with Crippen molar-refractivity contribution in [2.75, 3.05) is 30.9 Å². The van der Waals surface area contributed by atoms with Crippen LogP contribution < -0.4 is 20.7 Å². The normalized spacial score (nSPS) is 15.3. The third-order valence-electron chi connectivity index (χ3n) is 4.55. The number of nitro groups is 1. The van der Waals surface area contributed by atoms with Crippen LogP contribution in [0.25, 0.3) is 0 Å². The number of rotatable bonds is 7. The van der Waals surface area contributed by atoms with E-state index in [9.17, 15) is 19.7 Å². The molecular weight excluding hydrogens is 392 g/mol. The highest BCUT2D eigenvalue weighted by Crippen LogP contribution is 2.25. The molecule has 3 amide bonds. The van der Waals surface area contributed by atoms with Gasteiger partial charge in [-0.2, -0.15) is 0 Å². The smallest absolute Gasteiger partial charge is 0.319 e. The molecule has 1 saturated heterocycles. The van der Waals surface area contributed by atoms with Crippen LogP contribution in [0.1, 0.15) is 23.2 Å². The first kappa shape index (κ1) is 21.1. The minimum absolute atomic E-state index is 0.0439. The van der Waals surface area contributed by atoms with Gasteiger partial charge in [0.1, 0.15) is 5.75 Å². The van der Waals surface area contributed by atoms with Gasteiger partial charge in [-0.15, -0.1) is 0 Å². The molecule has 1 fully saturated rings. The molecule has 10 nitrogen and oxygen atoms in total. The van der Waals surface area contributed by atoms with Crippen LogP contribution in [0.2, 0.25) is 0 Å². The number of hydrogen-bond donors (Lipinski definition) is 3. The molecule has 0 spiro atoms. The molecule has 0 radical (unpaired) electrons. The summed E-state index contributed by atoms with van der Waals surface area (Å²) in [7, 11) is 1.38. The summed E-state index contributed by atoms with van der Waals surface area (Å²) in [5, 5.41) is 19.1. The lowest BCUT2D eigenvalue weighted by Gasteiger charge is -2.12. The summed E-state index contributed by atoms with van der Waals surface area (Å²) in [5.41, 5.74) is 0.835. The fourth-order valence-electron chi connectivity index (χ4n) is 3.01. The van der Waals surface area contributed by atoms with Gasteiger partial charge in [0.25, 0.3) is 11.6 Å². The van der Waals surface area contributed by atoms with Gasteiger partial charge in [0.05, 0.1) is 23.7 Å². The van der Waals surface area contributed by atoms with Crippen molar-refractivity contribution >= 4 is 29.0 Å². The molecule has 0 saturated carbocycles. The zero-order valence-electron chi connectivity index (χ0n) is 16.3. The van der Waals surface area contributed by atoms with Gasteiger partial charge >= 0.3 is 6.03 Å². The zero-order chi connectivity index (χ0) is 21.5. The predicted octanol–water partition coefficient (Wildman–Crippen LogP) is 3.16. The fourth-order valence-corrected chi connectivity index (χ4v) is 3.01. The maximum Gasteiger partial charge on any atom is 0.319 e. The van der Waals surface area contributed by atoms with E-state index in [1.807, 2.05) is 0 Å². The molecule has 2 aromatic rings. The molecule has 3 N–H and O–H groups in total.